The minimum absolute atomic E-state index is 0.000402. The Hall–Kier alpha value is -3.14. The van der Waals surface area contributed by atoms with Crippen LogP contribution in [0.2, 0.25) is 0 Å². The number of methoxy groups -OCH3 is 1. The zero-order chi connectivity index (χ0) is 27.3. The van der Waals surface area contributed by atoms with E-state index < -0.39 is 58.9 Å². The van der Waals surface area contributed by atoms with Gasteiger partial charge in [0, 0.05) is 11.8 Å². The molecule has 35 heavy (non-hydrogen) atoms. The maximum absolute atomic E-state index is 12.6. The Bertz CT molecular complexity index is 943. The smallest absolute Gasteiger partial charge is 0.480 e. The van der Waals surface area contributed by atoms with E-state index in [1.165, 1.54) is 18.2 Å². The van der Waals surface area contributed by atoms with Gasteiger partial charge in [-0.1, -0.05) is 13.0 Å². The van der Waals surface area contributed by atoms with Gasteiger partial charge in [-0.15, -0.1) is 0 Å². The van der Waals surface area contributed by atoms with Crippen LogP contribution in [0.3, 0.4) is 0 Å². The maximum Gasteiger partial charge on any atom is 0.508 e. The van der Waals surface area contributed by atoms with Crippen LogP contribution >= 0.6 is 0 Å². The average molecular weight is 496 g/mol. The van der Waals surface area contributed by atoms with Gasteiger partial charge in [0.25, 0.3) is 0 Å². The molecule has 1 rings (SSSR count). The standard InChI is InChI=1S/C25H37NO9/c1-13(14(2)33-23(31)32-9)18(19(26)20(27)28)15-10-11-16(34-21(29)24(3,4)5)17(12-15)35-22(30)25(6,7)8/h10-14,18-19H,26H2,1-9H3,(H,27,28)/t13?,14?,18?,19-/m0/s1. The van der Waals surface area contributed by atoms with Crippen molar-refractivity contribution in [3.63, 3.8) is 0 Å². The lowest BCUT2D eigenvalue weighted by Gasteiger charge is -2.31. The summed E-state index contributed by atoms with van der Waals surface area (Å²) in [7, 11) is 1.16. The van der Waals surface area contributed by atoms with Crippen molar-refractivity contribution in [2.45, 2.75) is 73.5 Å². The van der Waals surface area contributed by atoms with Crippen molar-refractivity contribution in [1.82, 2.24) is 0 Å². The van der Waals surface area contributed by atoms with Crippen LogP contribution in [0.4, 0.5) is 4.79 Å². The first-order valence-electron chi connectivity index (χ1n) is 11.2. The molecule has 4 atom stereocenters. The van der Waals surface area contributed by atoms with Crippen LogP contribution in [0.25, 0.3) is 0 Å². The molecule has 10 heteroatoms. The Labute approximate surface area is 206 Å². The van der Waals surface area contributed by atoms with Crippen molar-refractivity contribution in [2.24, 2.45) is 22.5 Å². The van der Waals surface area contributed by atoms with Gasteiger partial charge in [-0.25, -0.2) is 4.79 Å². The van der Waals surface area contributed by atoms with E-state index in [1.807, 2.05) is 0 Å². The quantitative estimate of drug-likeness (QED) is 0.401. The van der Waals surface area contributed by atoms with Crippen molar-refractivity contribution in [2.75, 3.05) is 7.11 Å². The van der Waals surface area contributed by atoms with Crippen molar-refractivity contribution >= 4 is 24.1 Å². The molecule has 0 saturated carbocycles. The third-order valence-corrected chi connectivity index (χ3v) is 5.41. The number of ether oxygens (including phenoxy) is 4. The van der Waals surface area contributed by atoms with Gasteiger partial charge in [0.05, 0.1) is 17.9 Å². The van der Waals surface area contributed by atoms with Gasteiger partial charge in [0.2, 0.25) is 0 Å². The van der Waals surface area contributed by atoms with Crippen LogP contribution in [0.5, 0.6) is 11.5 Å². The molecule has 0 aliphatic rings. The number of carbonyl (C=O) groups excluding carboxylic acids is 3. The zero-order valence-electron chi connectivity index (χ0n) is 21.8. The Morgan fingerprint density at radius 3 is 1.80 bits per heavy atom. The van der Waals surface area contributed by atoms with Crippen LogP contribution in [0, 0.1) is 16.7 Å². The molecular formula is C25H37NO9. The first-order valence-corrected chi connectivity index (χ1v) is 11.2. The van der Waals surface area contributed by atoms with Crippen LogP contribution in [0.1, 0.15) is 66.9 Å². The number of nitrogens with two attached hydrogens (primary N) is 1. The molecule has 1 aromatic rings. The molecule has 196 valence electrons. The number of carboxylic acid groups (broad SMARTS) is 1. The molecule has 10 nitrogen and oxygen atoms in total. The molecule has 0 aromatic heterocycles. The maximum atomic E-state index is 12.6. The zero-order valence-corrected chi connectivity index (χ0v) is 21.8. The topological polar surface area (TPSA) is 151 Å². The molecular weight excluding hydrogens is 458 g/mol. The summed E-state index contributed by atoms with van der Waals surface area (Å²) < 4.78 is 20.8. The Balaban J connectivity index is 3.58. The minimum atomic E-state index is -1.39. The summed E-state index contributed by atoms with van der Waals surface area (Å²) in [5.41, 5.74) is 4.72. The van der Waals surface area contributed by atoms with Gasteiger partial charge < -0.3 is 29.8 Å². The van der Waals surface area contributed by atoms with Gasteiger partial charge in [-0.05, 0) is 66.2 Å². The molecule has 0 fully saturated rings. The fourth-order valence-corrected chi connectivity index (χ4v) is 2.99. The van der Waals surface area contributed by atoms with Crippen molar-refractivity contribution in [3.8, 4) is 11.5 Å². The molecule has 0 bridgehead atoms. The lowest BCUT2D eigenvalue weighted by atomic mass is 9.79. The fraction of sp³-hybridized carbons (Fsp3) is 0.600. The number of esters is 2. The Morgan fingerprint density at radius 1 is 0.886 bits per heavy atom. The highest BCUT2D eigenvalue weighted by Crippen LogP contribution is 2.38. The largest absolute Gasteiger partial charge is 0.508 e. The number of benzene rings is 1. The first kappa shape index (κ1) is 29.9. The van der Waals surface area contributed by atoms with Gasteiger partial charge in [0.15, 0.2) is 11.5 Å². The molecule has 0 saturated heterocycles. The molecule has 3 unspecified atom stereocenters. The van der Waals surface area contributed by atoms with Gasteiger partial charge >= 0.3 is 24.1 Å². The third-order valence-electron chi connectivity index (χ3n) is 5.41. The van der Waals surface area contributed by atoms with Crippen LogP contribution < -0.4 is 15.2 Å². The number of carbonyl (C=O) groups is 4. The van der Waals surface area contributed by atoms with Gasteiger partial charge in [-0.2, -0.15) is 0 Å². The van der Waals surface area contributed by atoms with E-state index in [0.29, 0.717) is 5.56 Å². The number of carboxylic acids is 1. The normalized spacial score (nSPS) is 15.3. The highest BCUT2D eigenvalue weighted by atomic mass is 16.7. The number of hydrogen-bond donors (Lipinski definition) is 2. The van der Waals surface area contributed by atoms with Crippen molar-refractivity contribution < 1.29 is 43.2 Å². The van der Waals surface area contributed by atoms with E-state index in [-0.39, 0.29) is 11.5 Å². The molecule has 0 spiro atoms. The number of rotatable bonds is 8. The number of aliphatic carboxylic acids is 1. The second kappa shape index (κ2) is 11.5. The monoisotopic (exact) mass is 495 g/mol. The molecule has 0 heterocycles. The predicted octanol–water partition coefficient (Wildman–Crippen LogP) is 3.89. The lowest BCUT2D eigenvalue weighted by Crippen LogP contribution is -2.42. The summed E-state index contributed by atoms with van der Waals surface area (Å²) in [5, 5.41) is 9.64. The number of hydrogen-bond acceptors (Lipinski definition) is 9. The van der Waals surface area contributed by atoms with Crippen molar-refractivity contribution in [1.29, 1.82) is 0 Å². The summed E-state index contributed by atoms with van der Waals surface area (Å²) in [6.07, 6.45) is -1.69. The van der Waals surface area contributed by atoms with E-state index >= 15 is 0 Å². The molecule has 1 aromatic carbocycles. The predicted molar refractivity (Wildman–Crippen MR) is 127 cm³/mol. The molecule has 0 aliphatic heterocycles. The first-order chi connectivity index (χ1) is 15.9. The summed E-state index contributed by atoms with van der Waals surface area (Å²) >= 11 is 0. The van der Waals surface area contributed by atoms with Gasteiger partial charge in [0.1, 0.15) is 12.1 Å². The molecule has 3 N–H and O–H groups in total. The second-order valence-electron chi connectivity index (χ2n) is 10.5. The van der Waals surface area contributed by atoms with E-state index in [4.69, 9.17) is 19.9 Å². The van der Waals surface area contributed by atoms with Gasteiger partial charge in [-0.3, -0.25) is 14.4 Å². The van der Waals surface area contributed by atoms with Crippen LogP contribution in [-0.4, -0.2) is 48.4 Å². The fourth-order valence-electron chi connectivity index (χ4n) is 2.99. The van der Waals surface area contributed by atoms with Crippen LogP contribution in [-0.2, 0) is 23.9 Å². The van der Waals surface area contributed by atoms with E-state index in [0.717, 1.165) is 7.11 Å². The van der Waals surface area contributed by atoms with Crippen LogP contribution in [0.15, 0.2) is 18.2 Å². The average Bonchev–Trinajstić information content (AvgIpc) is 2.73. The summed E-state index contributed by atoms with van der Waals surface area (Å²) in [6, 6.07) is 2.99. The summed E-state index contributed by atoms with van der Waals surface area (Å²) in [5.74, 6) is -3.93. The molecule has 0 aliphatic carbocycles. The molecule has 0 amide bonds. The Kier molecular flexibility index (Phi) is 9.84. The van der Waals surface area contributed by atoms with E-state index in [9.17, 15) is 24.3 Å². The highest BCUT2D eigenvalue weighted by molar-refractivity contribution is 5.81. The lowest BCUT2D eigenvalue weighted by molar-refractivity contribution is -0.145. The van der Waals surface area contributed by atoms with Crippen molar-refractivity contribution in [3.05, 3.63) is 23.8 Å². The SMILES string of the molecule is COC(=O)OC(C)C(C)C(c1ccc(OC(=O)C(C)(C)C)c(OC(=O)C(C)(C)C)c1)[C@H](N)C(=O)O. The van der Waals surface area contributed by atoms with E-state index in [2.05, 4.69) is 4.74 Å². The van der Waals surface area contributed by atoms with E-state index in [1.54, 1.807) is 55.4 Å². The highest BCUT2D eigenvalue weighted by Gasteiger charge is 2.36. The summed E-state index contributed by atoms with van der Waals surface area (Å²) in [4.78, 5) is 48.5. The second-order valence-corrected chi connectivity index (χ2v) is 10.5. The Morgan fingerprint density at radius 2 is 1.37 bits per heavy atom. The summed E-state index contributed by atoms with van der Waals surface area (Å²) in [6.45, 7) is 13.3. The third kappa shape index (κ3) is 8.24. The molecule has 0 radical (unpaired) electrons. The minimum Gasteiger partial charge on any atom is -0.480 e.